The van der Waals surface area contributed by atoms with Crippen molar-refractivity contribution in [3.8, 4) is 5.75 Å². The van der Waals surface area contributed by atoms with Crippen LogP contribution in [0, 0.1) is 0 Å². The zero-order valence-corrected chi connectivity index (χ0v) is 12.3. The molecule has 2 rings (SSSR count). The average Bonchev–Trinajstić information content (AvgIpc) is 2.46. The van der Waals surface area contributed by atoms with Gasteiger partial charge in [0.1, 0.15) is 5.75 Å². The van der Waals surface area contributed by atoms with E-state index in [9.17, 15) is 9.90 Å². The van der Waals surface area contributed by atoms with Crippen molar-refractivity contribution in [2.24, 2.45) is 5.73 Å². The molecule has 3 N–H and O–H groups in total. The van der Waals surface area contributed by atoms with Crippen molar-refractivity contribution >= 4 is 23.1 Å². The fourth-order valence-electron chi connectivity index (χ4n) is 2.28. The normalized spacial score (nSPS) is 17.8. The second-order valence-corrected chi connectivity index (χ2v) is 5.42. The quantitative estimate of drug-likeness (QED) is 0.808. The van der Waals surface area contributed by atoms with E-state index in [4.69, 9.17) is 18.0 Å². The topological polar surface area (TPSA) is 69.8 Å². The summed E-state index contributed by atoms with van der Waals surface area (Å²) in [6.07, 6.45) is 0. The van der Waals surface area contributed by atoms with Gasteiger partial charge in [-0.15, -0.1) is 0 Å². The molecule has 20 heavy (non-hydrogen) atoms. The van der Waals surface area contributed by atoms with E-state index >= 15 is 0 Å². The van der Waals surface area contributed by atoms with E-state index in [-0.39, 0.29) is 17.7 Å². The molecule has 0 saturated carbocycles. The maximum atomic E-state index is 12.3. The van der Waals surface area contributed by atoms with Gasteiger partial charge in [-0.3, -0.25) is 9.69 Å². The molecule has 0 aromatic heterocycles. The predicted molar refractivity (Wildman–Crippen MR) is 81.8 cm³/mol. The number of piperazine rings is 1. The molecule has 1 aliphatic rings. The van der Waals surface area contributed by atoms with Gasteiger partial charge in [0, 0.05) is 31.7 Å². The lowest BCUT2D eigenvalue weighted by atomic mass is 10.1. The molecule has 1 aromatic rings. The summed E-state index contributed by atoms with van der Waals surface area (Å²) in [6, 6.07) is 6.40. The summed E-state index contributed by atoms with van der Waals surface area (Å²) in [4.78, 5) is 16.8. The highest BCUT2D eigenvalue weighted by atomic mass is 32.1. The number of hydrogen-bond donors (Lipinski definition) is 2. The second kappa shape index (κ2) is 6.19. The van der Waals surface area contributed by atoms with Crippen LogP contribution in [0.15, 0.2) is 24.3 Å². The first-order valence-corrected chi connectivity index (χ1v) is 7.01. The fraction of sp³-hybridized carbons (Fsp3) is 0.429. The molecule has 1 aromatic carbocycles. The van der Waals surface area contributed by atoms with Crippen molar-refractivity contribution in [1.82, 2.24) is 9.80 Å². The second-order valence-electron chi connectivity index (χ2n) is 4.95. The minimum atomic E-state index is -0.00683. The number of carbonyl (C=O) groups is 1. The first-order valence-electron chi connectivity index (χ1n) is 6.60. The molecule has 108 valence electrons. The highest BCUT2D eigenvalue weighted by Gasteiger charge is 2.25. The first kappa shape index (κ1) is 14.7. The summed E-state index contributed by atoms with van der Waals surface area (Å²) >= 11 is 5.00. The van der Waals surface area contributed by atoms with Crippen molar-refractivity contribution in [3.63, 3.8) is 0 Å². The van der Waals surface area contributed by atoms with Crippen molar-refractivity contribution < 1.29 is 9.90 Å². The Labute approximate surface area is 124 Å². The lowest BCUT2D eigenvalue weighted by Crippen LogP contribution is -2.53. The molecule has 6 heteroatoms. The number of hydrogen-bond acceptors (Lipinski definition) is 4. The standard InChI is InChI=1S/C14H19N3O2S/c1-10(13(15)20)16-6-8-17(9-7-16)14(19)11-2-4-12(18)5-3-11/h2-5,10,18H,6-9H2,1H3,(H2,15,20). The Morgan fingerprint density at radius 3 is 2.30 bits per heavy atom. The molecule has 0 radical (unpaired) electrons. The van der Waals surface area contributed by atoms with Crippen LogP contribution in [0.1, 0.15) is 17.3 Å². The number of carbonyl (C=O) groups excluding carboxylic acids is 1. The molecule has 0 bridgehead atoms. The number of thiocarbonyl (C=S) groups is 1. The zero-order chi connectivity index (χ0) is 14.7. The van der Waals surface area contributed by atoms with Crippen LogP contribution in [-0.4, -0.2) is 58.0 Å². The highest BCUT2D eigenvalue weighted by molar-refractivity contribution is 7.80. The number of phenols is 1. The smallest absolute Gasteiger partial charge is 0.253 e. The maximum Gasteiger partial charge on any atom is 0.253 e. The number of phenolic OH excluding ortho intramolecular Hbond substituents is 1. The third-order valence-corrected chi connectivity index (χ3v) is 4.02. The van der Waals surface area contributed by atoms with Crippen LogP contribution in [0.25, 0.3) is 0 Å². The van der Waals surface area contributed by atoms with Gasteiger partial charge in [-0.05, 0) is 31.2 Å². The molecule has 0 spiro atoms. The first-order chi connectivity index (χ1) is 9.49. The highest BCUT2D eigenvalue weighted by Crippen LogP contribution is 2.14. The van der Waals surface area contributed by atoms with Gasteiger partial charge >= 0.3 is 0 Å². The largest absolute Gasteiger partial charge is 0.508 e. The molecule has 5 nitrogen and oxygen atoms in total. The Balaban J connectivity index is 1.95. The van der Waals surface area contributed by atoms with E-state index in [0.29, 0.717) is 23.6 Å². The SMILES string of the molecule is CC(C(N)=S)N1CCN(C(=O)c2ccc(O)cc2)CC1. The lowest BCUT2D eigenvalue weighted by molar-refractivity contribution is 0.0621. The van der Waals surface area contributed by atoms with Gasteiger partial charge in [0.15, 0.2) is 0 Å². The Kier molecular flexibility index (Phi) is 4.57. The minimum absolute atomic E-state index is 0.00683. The van der Waals surface area contributed by atoms with Gasteiger partial charge in [0.25, 0.3) is 5.91 Å². The Hall–Kier alpha value is -1.66. The van der Waals surface area contributed by atoms with Crippen molar-refractivity contribution in [3.05, 3.63) is 29.8 Å². The Morgan fingerprint density at radius 1 is 1.25 bits per heavy atom. The predicted octanol–water partition coefficient (Wildman–Crippen LogP) is 0.825. The van der Waals surface area contributed by atoms with Gasteiger partial charge in [-0.1, -0.05) is 12.2 Å². The van der Waals surface area contributed by atoms with E-state index in [1.807, 2.05) is 11.8 Å². The fourth-order valence-corrected chi connectivity index (χ4v) is 2.43. The van der Waals surface area contributed by atoms with Crippen LogP contribution < -0.4 is 5.73 Å². The number of aromatic hydroxyl groups is 1. The number of rotatable bonds is 3. The van der Waals surface area contributed by atoms with E-state index in [0.717, 1.165) is 13.1 Å². The molecule has 1 aliphatic heterocycles. The van der Waals surface area contributed by atoms with E-state index in [1.54, 1.807) is 12.1 Å². The van der Waals surface area contributed by atoms with Crippen LogP contribution in [0.5, 0.6) is 5.75 Å². The zero-order valence-electron chi connectivity index (χ0n) is 11.5. The molecular weight excluding hydrogens is 274 g/mol. The van der Waals surface area contributed by atoms with Gasteiger partial charge < -0.3 is 15.7 Å². The van der Waals surface area contributed by atoms with E-state index < -0.39 is 0 Å². The van der Waals surface area contributed by atoms with E-state index in [2.05, 4.69) is 4.90 Å². The Bertz CT molecular complexity index is 496. The number of amides is 1. The van der Waals surface area contributed by atoms with Crippen molar-refractivity contribution in [1.29, 1.82) is 0 Å². The number of benzene rings is 1. The summed E-state index contributed by atoms with van der Waals surface area (Å²) < 4.78 is 0. The average molecular weight is 293 g/mol. The summed E-state index contributed by atoms with van der Waals surface area (Å²) in [5.74, 6) is 0.157. The van der Waals surface area contributed by atoms with Crippen LogP contribution in [0.4, 0.5) is 0 Å². The summed E-state index contributed by atoms with van der Waals surface area (Å²) in [5, 5.41) is 9.24. The number of nitrogens with two attached hydrogens (primary N) is 1. The molecule has 1 fully saturated rings. The third kappa shape index (κ3) is 3.26. The molecule has 1 amide bonds. The maximum absolute atomic E-state index is 12.3. The van der Waals surface area contributed by atoms with Crippen LogP contribution >= 0.6 is 12.2 Å². The Morgan fingerprint density at radius 2 is 1.80 bits per heavy atom. The molecule has 1 heterocycles. The third-order valence-electron chi connectivity index (χ3n) is 3.68. The van der Waals surface area contributed by atoms with Gasteiger partial charge in [-0.2, -0.15) is 0 Å². The molecule has 1 atom stereocenters. The lowest BCUT2D eigenvalue weighted by Gasteiger charge is -2.37. The summed E-state index contributed by atoms with van der Waals surface area (Å²) in [5.41, 5.74) is 6.25. The molecule has 0 aliphatic carbocycles. The van der Waals surface area contributed by atoms with Crippen LogP contribution in [0.3, 0.4) is 0 Å². The van der Waals surface area contributed by atoms with Gasteiger partial charge in [0.05, 0.1) is 11.0 Å². The van der Waals surface area contributed by atoms with Gasteiger partial charge in [-0.25, -0.2) is 0 Å². The van der Waals surface area contributed by atoms with Gasteiger partial charge in [0.2, 0.25) is 0 Å². The van der Waals surface area contributed by atoms with Crippen molar-refractivity contribution in [2.75, 3.05) is 26.2 Å². The van der Waals surface area contributed by atoms with Crippen LogP contribution in [0.2, 0.25) is 0 Å². The van der Waals surface area contributed by atoms with E-state index in [1.165, 1.54) is 12.1 Å². The monoisotopic (exact) mass is 293 g/mol. The minimum Gasteiger partial charge on any atom is -0.508 e. The van der Waals surface area contributed by atoms with Crippen molar-refractivity contribution in [2.45, 2.75) is 13.0 Å². The molecule has 1 unspecified atom stereocenters. The summed E-state index contributed by atoms with van der Waals surface area (Å²) in [6.45, 7) is 4.84. The summed E-state index contributed by atoms with van der Waals surface area (Å²) in [7, 11) is 0. The number of nitrogens with zero attached hydrogens (tertiary/aromatic N) is 2. The molecule has 1 saturated heterocycles. The molecular formula is C14H19N3O2S. The van der Waals surface area contributed by atoms with Crippen LogP contribution in [-0.2, 0) is 0 Å².